The number of hydrogen-bond acceptors (Lipinski definition) is 8. The van der Waals surface area contributed by atoms with Crippen LogP contribution >= 0.6 is 0 Å². The molecule has 0 amide bonds. The number of nitrogens with zero attached hydrogens (tertiary/aromatic N) is 2. The SMILES string of the molecule is CCOC(=O)c1ccc(S(=O)(=O)Nc2ccc(-c3ccc(S(=O)(=O)CC)nn3)cc2)cc1. The van der Waals surface area contributed by atoms with Crippen LogP contribution in [0.5, 0.6) is 0 Å². The third-order valence-electron chi connectivity index (χ3n) is 4.45. The number of carbonyl (C=O) groups is 1. The molecule has 0 fully saturated rings. The number of ether oxygens (including phenoxy) is 1. The number of anilines is 1. The van der Waals surface area contributed by atoms with Crippen molar-refractivity contribution < 1.29 is 26.4 Å². The lowest BCUT2D eigenvalue weighted by Gasteiger charge is -2.09. The molecule has 0 unspecified atom stereocenters. The summed E-state index contributed by atoms with van der Waals surface area (Å²) < 4.78 is 56.2. The number of carbonyl (C=O) groups excluding carboxylic acids is 1. The molecule has 2 aromatic carbocycles. The second kappa shape index (κ2) is 9.45. The van der Waals surface area contributed by atoms with Gasteiger partial charge in [0.1, 0.15) is 0 Å². The maximum atomic E-state index is 12.6. The van der Waals surface area contributed by atoms with E-state index < -0.39 is 25.8 Å². The van der Waals surface area contributed by atoms with Crippen molar-refractivity contribution in [3.05, 3.63) is 66.2 Å². The molecule has 9 nitrogen and oxygen atoms in total. The molecule has 0 radical (unpaired) electrons. The number of esters is 1. The van der Waals surface area contributed by atoms with Crippen molar-refractivity contribution in [2.45, 2.75) is 23.8 Å². The molecule has 0 spiro atoms. The summed E-state index contributed by atoms with van der Waals surface area (Å²) >= 11 is 0. The monoisotopic (exact) mass is 475 g/mol. The molecular formula is C21H21N3O6S2. The first-order valence-electron chi connectivity index (χ1n) is 9.63. The van der Waals surface area contributed by atoms with E-state index in [-0.39, 0.29) is 27.8 Å². The highest BCUT2D eigenvalue weighted by molar-refractivity contribution is 7.92. The Morgan fingerprint density at radius 1 is 0.875 bits per heavy atom. The Morgan fingerprint density at radius 3 is 2.06 bits per heavy atom. The lowest BCUT2D eigenvalue weighted by atomic mass is 10.1. The van der Waals surface area contributed by atoms with E-state index in [0.29, 0.717) is 16.9 Å². The highest BCUT2D eigenvalue weighted by Gasteiger charge is 2.17. The van der Waals surface area contributed by atoms with Gasteiger partial charge in [0.15, 0.2) is 14.9 Å². The molecule has 0 saturated heterocycles. The van der Waals surface area contributed by atoms with Gasteiger partial charge in [-0.2, -0.15) is 0 Å². The van der Waals surface area contributed by atoms with Crippen LogP contribution in [-0.2, 0) is 24.6 Å². The van der Waals surface area contributed by atoms with Crippen molar-refractivity contribution in [2.75, 3.05) is 17.1 Å². The number of sulfonamides is 1. The van der Waals surface area contributed by atoms with Gasteiger partial charge in [0.05, 0.1) is 28.5 Å². The van der Waals surface area contributed by atoms with Crippen LogP contribution in [0, 0.1) is 0 Å². The summed E-state index contributed by atoms with van der Waals surface area (Å²) in [6.45, 7) is 3.44. The fraction of sp³-hybridized carbons (Fsp3) is 0.190. The zero-order valence-electron chi connectivity index (χ0n) is 17.3. The molecule has 0 bridgehead atoms. The van der Waals surface area contributed by atoms with Crippen molar-refractivity contribution in [1.82, 2.24) is 10.2 Å². The fourth-order valence-corrected chi connectivity index (χ4v) is 4.49. The Hall–Kier alpha value is -3.31. The molecule has 1 N–H and O–H groups in total. The van der Waals surface area contributed by atoms with Gasteiger partial charge in [-0.1, -0.05) is 19.1 Å². The number of hydrogen-bond donors (Lipinski definition) is 1. The molecule has 3 rings (SSSR count). The standard InChI is InChI=1S/C21H21N3O6S2/c1-3-30-21(25)16-7-11-18(12-8-16)32(28,29)24-17-9-5-15(6-10-17)19-13-14-20(23-22-19)31(26,27)4-2/h5-14,24H,3-4H2,1-2H3. The minimum atomic E-state index is -3.87. The van der Waals surface area contributed by atoms with Gasteiger partial charge < -0.3 is 4.74 Å². The maximum absolute atomic E-state index is 12.6. The highest BCUT2D eigenvalue weighted by Crippen LogP contribution is 2.22. The first kappa shape index (κ1) is 23.4. The molecule has 11 heteroatoms. The summed E-state index contributed by atoms with van der Waals surface area (Å²) in [5.74, 6) is -0.593. The van der Waals surface area contributed by atoms with E-state index in [4.69, 9.17) is 4.74 Å². The van der Waals surface area contributed by atoms with E-state index in [1.807, 2.05) is 0 Å². The van der Waals surface area contributed by atoms with Crippen LogP contribution in [0.2, 0.25) is 0 Å². The summed E-state index contributed by atoms with van der Waals surface area (Å²) in [6, 6.07) is 14.7. The van der Waals surface area contributed by atoms with Gasteiger partial charge in [-0.15, -0.1) is 10.2 Å². The molecule has 0 atom stereocenters. The summed E-state index contributed by atoms with van der Waals surface area (Å²) in [7, 11) is -7.30. The fourth-order valence-electron chi connectivity index (χ4n) is 2.70. The summed E-state index contributed by atoms with van der Waals surface area (Å²) in [5.41, 5.74) is 1.67. The van der Waals surface area contributed by atoms with Crippen LogP contribution < -0.4 is 4.72 Å². The molecule has 0 aliphatic heterocycles. The summed E-state index contributed by atoms with van der Waals surface area (Å²) in [5, 5.41) is 7.62. The topological polar surface area (TPSA) is 132 Å². The maximum Gasteiger partial charge on any atom is 0.338 e. The number of benzene rings is 2. The normalized spacial score (nSPS) is 11.7. The molecule has 3 aromatic rings. The lowest BCUT2D eigenvalue weighted by molar-refractivity contribution is 0.0526. The Kier molecular flexibility index (Phi) is 6.90. The smallest absolute Gasteiger partial charge is 0.338 e. The first-order valence-corrected chi connectivity index (χ1v) is 12.8. The van der Waals surface area contributed by atoms with Gasteiger partial charge in [0, 0.05) is 11.3 Å². The van der Waals surface area contributed by atoms with Gasteiger partial charge in [0.2, 0.25) is 0 Å². The molecule has 0 saturated carbocycles. The van der Waals surface area contributed by atoms with Gasteiger partial charge in [-0.3, -0.25) is 4.72 Å². The zero-order chi connectivity index (χ0) is 23.4. The third kappa shape index (κ3) is 5.29. The highest BCUT2D eigenvalue weighted by atomic mass is 32.2. The molecule has 0 aliphatic rings. The van der Waals surface area contributed by atoms with Crippen LogP contribution in [0.4, 0.5) is 5.69 Å². The van der Waals surface area contributed by atoms with Crippen LogP contribution in [0.1, 0.15) is 24.2 Å². The third-order valence-corrected chi connectivity index (χ3v) is 7.46. The summed E-state index contributed by atoms with van der Waals surface area (Å²) in [6.07, 6.45) is 0. The lowest BCUT2D eigenvalue weighted by Crippen LogP contribution is -2.13. The molecule has 1 heterocycles. The molecule has 168 valence electrons. The number of aromatic nitrogens is 2. The van der Waals surface area contributed by atoms with Gasteiger partial charge in [0.25, 0.3) is 10.0 Å². The molecule has 1 aromatic heterocycles. The van der Waals surface area contributed by atoms with E-state index in [1.54, 1.807) is 37.3 Å². The van der Waals surface area contributed by atoms with E-state index >= 15 is 0 Å². The van der Waals surface area contributed by atoms with Gasteiger partial charge in [-0.25, -0.2) is 21.6 Å². The van der Waals surface area contributed by atoms with Crippen molar-refractivity contribution in [3.8, 4) is 11.3 Å². The second-order valence-electron chi connectivity index (χ2n) is 6.59. The quantitative estimate of drug-likeness (QED) is 0.492. The van der Waals surface area contributed by atoms with Crippen molar-refractivity contribution in [3.63, 3.8) is 0 Å². The van der Waals surface area contributed by atoms with E-state index in [9.17, 15) is 21.6 Å². The van der Waals surface area contributed by atoms with E-state index in [0.717, 1.165) is 0 Å². The largest absolute Gasteiger partial charge is 0.462 e. The zero-order valence-corrected chi connectivity index (χ0v) is 19.0. The predicted molar refractivity (Wildman–Crippen MR) is 118 cm³/mol. The molecular weight excluding hydrogens is 454 g/mol. The van der Waals surface area contributed by atoms with Crippen molar-refractivity contribution in [2.24, 2.45) is 0 Å². The Balaban J connectivity index is 1.74. The van der Waals surface area contributed by atoms with Crippen LogP contribution in [-0.4, -0.2) is 45.4 Å². The minimum absolute atomic E-state index is 0.00628. The Labute approximate surface area is 186 Å². The molecule has 0 aliphatic carbocycles. The van der Waals surface area contributed by atoms with Crippen LogP contribution in [0.25, 0.3) is 11.3 Å². The summed E-state index contributed by atoms with van der Waals surface area (Å²) in [4.78, 5) is 11.7. The van der Waals surface area contributed by atoms with Crippen molar-refractivity contribution in [1.29, 1.82) is 0 Å². The number of sulfone groups is 1. The minimum Gasteiger partial charge on any atom is -0.462 e. The van der Waals surface area contributed by atoms with E-state index in [1.165, 1.54) is 37.3 Å². The van der Waals surface area contributed by atoms with Crippen molar-refractivity contribution >= 4 is 31.5 Å². The average molecular weight is 476 g/mol. The predicted octanol–water partition coefficient (Wildman–Crippen LogP) is 2.91. The van der Waals surface area contributed by atoms with Gasteiger partial charge >= 0.3 is 5.97 Å². The van der Waals surface area contributed by atoms with E-state index in [2.05, 4.69) is 14.9 Å². The second-order valence-corrected chi connectivity index (χ2v) is 10.5. The first-order chi connectivity index (χ1) is 15.2. The number of nitrogens with one attached hydrogen (secondary N) is 1. The van der Waals surface area contributed by atoms with Crippen LogP contribution in [0.15, 0.2) is 70.6 Å². The Morgan fingerprint density at radius 2 is 1.53 bits per heavy atom. The number of rotatable bonds is 8. The molecule has 32 heavy (non-hydrogen) atoms. The van der Waals surface area contributed by atoms with Crippen LogP contribution in [0.3, 0.4) is 0 Å². The van der Waals surface area contributed by atoms with Gasteiger partial charge in [-0.05, 0) is 55.5 Å². The Bertz CT molecular complexity index is 1300. The average Bonchev–Trinajstić information content (AvgIpc) is 2.80.